The van der Waals surface area contributed by atoms with Crippen LogP contribution in [0.4, 0.5) is 16.0 Å². The van der Waals surface area contributed by atoms with Gasteiger partial charge in [0, 0.05) is 18.1 Å². The Kier molecular flexibility index (Phi) is 3.67. The van der Waals surface area contributed by atoms with Crippen molar-refractivity contribution in [1.82, 2.24) is 9.97 Å². The molecule has 0 atom stereocenters. The van der Waals surface area contributed by atoms with Gasteiger partial charge < -0.3 is 5.73 Å². The third-order valence-corrected chi connectivity index (χ3v) is 4.00. The van der Waals surface area contributed by atoms with E-state index >= 15 is 0 Å². The van der Waals surface area contributed by atoms with Crippen molar-refractivity contribution in [3.05, 3.63) is 40.9 Å². The van der Waals surface area contributed by atoms with E-state index in [4.69, 9.17) is 5.73 Å². The molecule has 0 aliphatic heterocycles. The van der Waals surface area contributed by atoms with Gasteiger partial charge in [-0.1, -0.05) is 0 Å². The number of nitrogens with zero attached hydrogens (tertiary/aromatic N) is 2. The van der Waals surface area contributed by atoms with Gasteiger partial charge in [0.1, 0.15) is 4.90 Å². The van der Waals surface area contributed by atoms with E-state index < -0.39 is 20.7 Å². The van der Waals surface area contributed by atoms with E-state index in [0.29, 0.717) is 0 Å². The smallest absolute Gasteiger partial charge is 0.267 e. The molecule has 1 heterocycles. The van der Waals surface area contributed by atoms with Crippen LogP contribution in [-0.2, 0) is 10.0 Å². The Hall–Kier alpha value is -1.74. The van der Waals surface area contributed by atoms with Gasteiger partial charge in [0.25, 0.3) is 10.0 Å². The van der Waals surface area contributed by atoms with E-state index in [1.54, 1.807) is 0 Å². The normalized spacial score (nSPS) is 11.3. The van der Waals surface area contributed by atoms with Gasteiger partial charge >= 0.3 is 0 Å². The molecule has 0 amide bonds. The number of hydrogen-bond donors (Lipinski definition) is 2. The maximum atomic E-state index is 13.8. The number of sulfonamides is 1. The molecular weight excluding hydrogens is 339 g/mol. The summed E-state index contributed by atoms with van der Waals surface area (Å²) >= 11 is 2.90. The van der Waals surface area contributed by atoms with Gasteiger partial charge in [-0.2, -0.15) is 0 Å². The average molecular weight is 347 g/mol. The van der Waals surface area contributed by atoms with E-state index in [2.05, 4.69) is 30.6 Å². The monoisotopic (exact) mass is 346 g/mol. The van der Waals surface area contributed by atoms with Crippen LogP contribution in [-0.4, -0.2) is 18.4 Å². The van der Waals surface area contributed by atoms with Crippen LogP contribution >= 0.6 is 15.9 Å². The van der Waals surface area contributed by atoms with Crippen molar-refractivity contribution in [3.8, 4) is 0 Å². The molecule has 1 aromatic heterocycles. The van der Waals surface area contributed by atoms with Crippen LogP contribution in [0.25, 0.3) is 0 Å². The van der Waals surface area contributed by atoms with Crippen LogP contribution in [0.15, 0.2) is 40.0 Å². The van der Waals surface area contributed by atoms with Crippen molar-refractivity contribution in [3.63, 3.8) is 0 Å². The van der Waals surface area contributed by atoms with Crippen molar-refractivity contribution in [2.75, 3.05) is 10.5 Å². The zero-order chi connectivity index (χ0) is 14.0. The Labute approximate surface area is 117 Å². The lowest BCUT2D eigenvalue weighted by atomic mass is 10.3. The molecule has 0 bridgehead atoms. The summed E-state index contributed by atoms with van der Waals surface area (Å²) in [5, 5.41) is 0. The minimum atomic E-state index is -4.15. The molecule has 0 unspecified atom stereocenters. The molecule has 0 aliphatic carbocycles. The molecule has 3 N–H and O–H groups in total. The summed E-state index contributed by atoms with van der Waals surface area (Å²) < 4.78 is 39.9. The Balaban J connectivity index is 2.46. The predicted octanol–water partition coefficient (Wildman–Crippen LogP) is 1.76. The molecule has 0 saturated heterocycles. The second-order valence-corrected chi connectivity index (χ2v) is 6.00. The molecule has 0 radical (unpaired) electrons. The van der Waals surface area contributed by atoms with E-state index in [0.717, 1.165) is 6.07 Å². The number of nitrogens with two attached hydrogens (primary N) is 1. The molecule has 2 aromatic rings. The minimum absolute atomic E-state index is 0.0399. The van der Waals surface area contributed by atoms with Crippen molar-refractivity contribution >= 4 is 37.6 Å². The van der Waals surface area contributed by atoms with Gasteiger partial charge in [0.2, 0.25) is 5.95 Å². The lowest BCUT2D eigenvalue weighted by Crippen LogP contribution is -2.16. The zero-order valence-electron chi connectivity index (χ0n) is 9.34. The molecule has 100 valence electrons. The highest BCUT2D eigenvalue weighted by Gasteiger charge is 2.22. The summed E-state index contributed by atoms with van der Waals surface area (Å²) in [5.74, 6) is -1.09. The molecule has 0 saturated carbocycles. The summed E-state index contributed by atoms with van der Waals surface area (Å²) in [6.07, 6.45) is 2.72. The van der Waals surface area contributed by atoms with Crippen LogP contribution in [0, 0.1) is 5.82 Å². The first kappa shape index (κ1) is 13.7. The Morgan fingerprint density at radius 1 is 1.26 bits per heavy atom. The first-order chi connectivity index (χ1) is 8.90. The SMILES string of the molecule is Nc1cc(Br)c(F)c(S(=O)(=O)Nc2ncccn2)c1. The maximum absolute atomic E-state index is 13.8. The number of nitrogens with one attached hydrogen (secondary N) is 1. The number of hydrogen-bond acceptors (Lipinski definition) is 5. The Morgan fingerprint density at radius 2 is 1.89 bits per heavy atom. The third kappa shape index (κ3) is 2.99. The number of anilines is 2. The molecule has 19 heavy (non-hydrogen) atoms. The van der Waals surface area contributed by atoms with Crippen LogP contribution in [0.3, 0.4) is 0 Å². The fourth-order valence-corrected chi connectivity index (χ4v) is 3.01. The summed E-state index contributed by atoms with van der Waals surface area (Å²) in [6, 6.07) is 3.81. The standard InChI is InChI=1S/C10H8BrFN4O2S/c11-7-4-6(13)5-8(9(7)12)19(17,18)16-10-14-2-1-3-15-10/h1-5H,13H2,(H,14,15,16). The van der Waals surface area contributed by atoms with Crippen molar-refractivity contribution in [1.29, 1.82) is 0 Å². The second kappa shape index (κ2) is 5.10. The van der Waals surface area contributed by atoms with Gasteiger partial charge in [0.05, 0.1) is 4.47 Å². The fourth-order valence-electron chi connectivity index (χ4n) is 1.31. The largest absolute Gasteiger partial charge is 0.399 e. The maximum Gasteiger partial charge on any atom is 0.267 e. The molecule has 0 fully saturated rings. The highest BCUT2D eigenvalue weighted by Crippen LogP contribution is 2.26. The Morgan fingerprint density at radius 3 is 2.53 bits per heavy atom. The first-order valence-corrected chi connectivity index (χ1v) is 7.22. The van der Waals surface area contributed by atoms with Gasteiger partial charge in [0.15, 0.2) is 5.82 Å². The minimum Gasteiger partial charge on any atom is -0.399 e. The number of rotatable bonds is 3. The van der Waals surface area contributed by atoms with Crippen molar-refractivity contribution in [2.45, 2.75) is 4.90 Å². The highest BCUT2D eigenvalue weighted by atomic mass is 79.9. The number of halogens is 2. The first-order valence-electron chi connectivity index (χ1n) is 4.94. The molecule has 6 nitrogen and oxygen atoms in total. The van der Waals surface area contributed by atoms with E-state index in [-0.39, 0.29) is 16.1 Å². The van der Waals surface area contributed by atoms with Crippen molar-refractivity contribution < 1.29 is 12.8 Å². The molecular formula is C10H8BrFN4O2S. The quantitative estimate of drug-likeness (QED) is 0.825. The lowest BCUT2D eigenvalue weighted by molar-refractivity contribution is 0.566. The van der Waals surface area contributed by atoms with E-state index in [9.17, 15) is 12.8 Å². The molecule has 2 rings (SSSR count). The molecule has 0 spiro atoms. The number of aromatic nitrogens is 2. The van der Waals surface area contributed by atoms with E-state index in [1.807, 2.05) is 0 Å². The van der Waals surface area contributed by atoms with Crippen molar-refractivity contribution in [2.24, 2.45) is 0 Å². The fraction of sp³-hybridized carbons (Fsp3) is 0. The zero-order valence-corrected chi connectivity index (χ0v) is 11.7. The topological polar surface area (TPSA) is 98.0 Å². The summed E-state index contributed by atoms with van der Waals surface area (Å²) in [4.78, 5) is 6.82. The van der Waals surface area contributed by atoms with Gasteiger partial charge in [-0.05, 0) is 34.1 Å². The van der Waals surface area contributed by atoms with Crippen LogP contribution < -0.4 is 10.5 Å². The summed E-state index contributed by atoms with van der Waals surface area (Å²) in [7, 11) is -4.15. The molecule has 9 heteroatoms. The van der Waals surface area contributed by atoms with Crippen LogP contribution in [0.2, 0.25) is 0 Å². The van der Waals surface area contributed by atoms with Crippen LogP contribution in [0.5, 0.6) is 0 Å². The van der Waals surface area contributed by atoms with Gasteiger partial charge in [-0.25, -0.2) is 27.5 Å². The van der Waals surface area contributed by atoms with Crippen LogP contribution in [0.1, 0.15) is 0 Å². The Bertz CT molecular complexity index is 709. The van der Waals surface area contributed by atoms with E-state index in [1.165, 1.54) is 24.5 Å². The third-order valence-electron chi connectivity index (χ3n) is 2.10. The predicted molar refractivity (Wildman–Crippen MR) is 71.4 cm³/mol. The summed E-state index contributed by atoms with van der Waals surface area (Å²) in [6.45, 7) is 0. The number of nitrogen functional groups attached to an aromatic ring is 1. The lowest BCUT2D eigenvalue weighted by Gasteiger charge is -2.09. The van der Waals surface area contributed by atoms with Gasteiger partial charge in [-0.3, -0.25) is 0 Å². The molecule has 0 aliphatic rings. The highest BCUT2D eigenvalue weighted by molar-refractivity contribution is 9.10. The average Bonchev–Trinajstić information content (AvgIpc) is 2.34. The van der Waals surface area contributed by atoms with Gasteiger partial charge in [-0.15, -0.1) is 0 Å². The number of benzene rings is 1. The summed E-state index contributed by atoms with van der Waals surface area (Å²) in [5.41, 5.74) is 5.61. The molecule has 1 aromatic carbocycles. The second-order valence-electron chi connectivity index (χ2n) is 3.49.